The highest BCUT2D eigenvalue weighted by molar-refractivity contribution is 7.80. The molecule has 1 aromatic rings. The average molecular weight is 262 g/mol. The molecule has 1 aromatic carbocycles. The summed E-state index contributed by atoms with van der Waals surface area (Å²) in [6.45, 7) is 6.42. The van der Waals surface area contributed by atoms with Crippen molar-refractivity contribution in [1.29, 1.82) is 0 Å². The van der Waals surface area contributed by atoms with E-state index in [9.17, 15) is 0 Å². The summed E-state index contributed by atoms with van der Waals surface area (Å²) >= 11 is 5.52. The van der Waals surface area contributed by atoms with Crippen LogP contribution in [0.3, 0.4) is 0 Å². The molecule has 1 fully saturated rings. The number of nitrogens with zero attached hydrogens (tertiary/aromatic N) is 1. The van der Waals surface area contributed by atoms with Gasteiger partial charge in [0.05, 0.1) is 0 Å². The van der Waals surface area contributed by atoms with Gasteiger partial charge in [-0.15, -0.1) is 0 Å². The van der Waals surface area contributed by atoms with E-state index in [4.69, 9.17) is 12.2 Å². The highest BCUT2D eigenvalue weighted by atomic mass is 32.1. The van der Waals surface area contributed by atoms with E-state index in [1.54, 1.807) is 0 Å². The van der Waals surface area contributed by atoms with Crippen molar-refractivity contribution in [1.82, 2.24) is 4.90 Å². The van der Waals surface area contributed by atoms with Crippen LogP contribution in [0.4, 0.5) is 5.69 Å². The van der Waals surface area contributed by atoms with Crippen LogP contribution in [0.25, 0.3) is 0 Å². The molecule has 0 atom stereocenters. The van der Waals surface area contributed by atoms with Crippen molar-refractivity contribution in [2.45, 2.75) is 39.5 Å². The molecule has 0 amide bonds. The molecule has 2 rings (SSSR count). The molecule has 18 heavy (non-hydrogen) atoms. The number of likely N-dealkylation sites (tertiary alicyclic amines) is 1. The minimum absolute atomic E-state index is 0.877. The summed E-state index contributed by atoms with van der Waals surface area (Å²) in [5.74, 6) is 0. The van der Waals surface area contributed by atoms with Crippen LogP contribution in [0.2, 0.25) is 0 Å². The molecule has 0 radical (unpaired) electrons. The van der Waals surface area contributed by atoms with Gasteiger partial charge in [-0.2, -0.15) is 0 Å². The normalized spacial score (nSPS) is 16.2. The zero-order valence-electron chi connectivity index (χ0n) is 11.3. The Labute approximate surface area is 115 Å². The highest BCUT2D eigenvalue weighted by Gasteiger charge is 2.12. The van der Waals surface area contributed by atoms with E-state index in [1.165, 1.54) is 36.8 Å². The van der Waals surface area contributed by atoms with Crippen LogP contribution in [0.1, 0.15) is 36.8 Å². The second-order valence-electron chi connectivity index (χ2n) is 5.21. The molecule has 0 bridgehead atoms. The van der Waals surface area contributed by atoms with E-state index < -0.39 is 0 Å². The molecule has 0 unspecified atom stereocenters. The summed E-state index contributed by atoms with van der Waals surface area (Å²) in [4.78, 5) is 2.31. The van der Waals surface area contributed by atoms with Gasteiger partial charge >= 0.3 is 0 Å². The molecule has 1 saturated heterocycles. The van der Waals surface area contributed by atoms with Gasteiger partial charge in [0.25, 0.3) is 0 Å². The SMILES string of the molecule is Cc1cc(C)cc(NC(=S)N2CCCCCC2)c1. The zero-order chi connectivity index (χ0) is 13.0. The molecule has 1 N–H and O–H groups in total. The molecule has 98 valence electrons. The molecule has 0 spiro atoms. The third-order valence-corrected chi connectivity index (χ3v) is 3.73. The van der Waals surface area contributed by atoms with Crippen molar-refractivity contribution in [3.63, 3.8) is 0 Å². The van der Waals surface area contributed by atoms with Crippen LogP contribution in [0, 0.1) is 13.8 Å². The van der Waals surface area contributed by atoms with E-state index in [-0.39, 0.29) is 0 Å². The Kier molecular flexibility index (Phi) is 4.59. The van der Waals surface area contributed by atoms with Crippen LogP contribution in [-0.4, -0.2) is 23.1 Å². The summed E-state index contributed by atoms with van der Waals surface area (Å²) in [5.41, 5.74) is 3.66. The molecule has 2 nitrogen and oxygen atoms in total. The number of rotatable bonds is 1. The van der Waals surface area contributed by atoms with Gasteiger partial charge in [-0.1, -0.05) is 18.9 Å². The first-order valence-electron chi connectivity index (χ1n) is 6.79. The Balaban J connectivity index is 2.01. The lowest BCUT2D eigenvalue weighted by atomic mass is 10.1. The lowest BCUT2D eigenvalue weighted by molar-refractivity contribution is 0.441. The van der Waals surface area contributed by atoms with Crippen LogP contribution < -0.4 is 5.32 Å². The fourth-order valence-electron chi connectivity index (χ4n) is 2.52. The zero-order valence-corrected chi connectivity index (χ0v) is 12.1. The van der Waals surface area contributed by atoms with E-state index in [0.29, 0.717) is 0 Å². The standard InChI is InChI=1S/C15H22N2S/c1-12-9-13(2)11-14(10-12)16-15(18)17-7-5-3-4-6-8-17/h9-11H,3-8H2,1-2H3,(H,16,18). The minimum atomic E-state index is 0.877. The smallest absolute Gasteiger partial charge is 0.173 e. The molecular formula is C15H22N2S. The predicted molar refractivity (Wildman–Crippen MR) is 82.2 cm³/mol. The number of benzene rings is 1. The molecule has 1 aliphatic rings. The number of aryl methyl sites for hydroxylation is 2. The summed E-state index contributed by atoms with van der Waals surface area (Å²) < 4.78 is 0. The van der Waals surface area contributed by atoms with Gasteiger partial charge in [-0.25, -0.2) is 0 Å². The van der Waals surface area contributed by atoms with Crippen molar-refractivity contribution in [2.75, 3.05) is 18.4 Å². The van der Waals surface area contributed by atoms with Crippen molar-refractivity contribution >= 4 is 23.0 Å². The first-order valence-corrected chi connectivity index (χ1v) is 7.20. The van der Waals surface area contributed by atoms with Crippen molar-refractivity contribution < 1.29 is 0 Å². The fraction of sp³-hybridized carbons (Fsp3) is 0.533. The summed E-state index contributed by atoms with van der Waals surface area (Å²) in [6, 6.07) is 6.48. The third-order valence-electron chi connectivity index (χ3n) is 3.37. The number of anilines is 1. The van der Waals surface area contributed by atoms with Gasteiger partial charge < -0.3 is 10.2 Å². The Morgan fingerprint density at radius 1 is 1.00 bits per heavy atom. The Morgan fingerprint density at radius 2 is 1.56 bits per heavy atom. The lowest BCUT2D eigenvalue weighted by Gasteiger charge is -2.24. The van der Waals surface area contributed by atoms with Crippen LogP contribution in [0.5, 0.6) is 0 Å². The Bertz CT molecular complexity index is 400. The van der Waals surface area contributed by atoms with Crippen molar-refractivity contribution in [2.24, 2.45) is 0 Å². The quantitative estimate of drug-likeness (QED) is 0.773. The van der Waals surface area contributed by atoms with E-state index in [0.717, 1.165) is 23.9 Å². The van der Waals surface area contributed by atoms with Crippen molar-refractivity contribution in [3.8, 4) is 0 Å². The molecule has 1 aliphatic heterocycles. The van der Waals surface area contributed by atoms with Gasteiger partial charge in [-0.05, 0) is 62.2 Å². The fourth-order valence-corrected chi connectivity index (χ4v) is 2.82. The molecule has 0 aliphatic carbocycles. The average Bonchev–Trinajstić information content (AvgIpc) is 2.55. The lowest BCUT2D eigenvalue weighted by Crippen LogP contribution is -2.35. The summed E-state index contributed by atoms with van der Waals surface area (Å²) in [7, 11) is 0. The highest BCUT2D eigenvalue weighted by Crippen LogP contribution is 2.16. The van der Waals surface area contributed by atoms with E-state index >= 15 is 0 Å². The van der Waals surface area contributed by atoms with Gasteiger partial charge in [0.1, 0.15) is 0 Å². The first-order chi connectivity index (χ1) is 8.65. The van der Waals surface area contributed by atoms with Crippen LogP contribution in [-0.2, 0) is 0 Å². The Hall–Kier alpha value is -1.09. The molecule has 3 heteroatoms. The Morgan fingerprint density at radius 3 is 2.11 bits per heavy atom. The number of hydrogen-bond donors (Lipinski definition) is 1. The van der Waals surface area contributed by atoms with Crippen LogP contribution >= 0.6 is 12.2 Å². The maximum Gasteiger partial charge on any atom is 0.173 e. The maximum atomic E-state index is 5.52. The third kappa shape index (κ3) is 3.70. The molecule has 0 saturated carbocycles. The topological polar surface area (TPSA) is 15.3 Å². The van der Waals surface area contributed by atoms with Gasteiger partial charge in [0, 0.05) is 18.8 Å². The largest absolute Gasteiger partial charge is 0.349 e. The van der Waals surface area contributed by atoms with E-state index in [2.05, 4.69) is 42.3 Å². The summed E-state index contributed by atoms with van der Waals surface area (Å²) in [5, 5.41) is 4.26. The molecule has 0 aromatic heterocycles. The van der Waals surface area contributed by atoms with Crippen LogP contribution in [0.15, 0.2) is 18.2 Å². The van der Waals surface area contributed by atoms with Gasteiger partial charge in [-0.3, -0.25) is 0 Å². The monoisotopic (exact) mass is 262 g/mol. The first kappa shape index (κ1) is 13.3. The number of thiocarbonyl (C=S) groups is 1. The second kappa shape index (κ2) is 6.19. The van der Waals surface area contributed by atoms with E-state index in [1.807, 2.05) is 0 Å². The summed E-state index contributed by atoms with van der Waals surface area (Å²) in [6.07, 6.45) is 5.19. The number of nitrogens with one attached hydrogen (secondary N) is 1. The van der Waals surface area contributed by atoms with Gasteiger partial charge in [0.2, 0.25) is 0 Å². The predicted octanol–water partition coefficient (Wildman–Crippen LogP) is 3.88. The second-order valence-corrected chi connectivity index (χ2v) is 5.59. The van der Waals surface area contributed by atoms with Crippen molar-refractivity contribution in [3.05, 3.63) is 29.3 Å². The number of hydrogen-bond acceptors (Lipinski definition) is 1. The molecular weight excluding hydrogens is 240 g/mol. The molecule has 1 heterocycles. The maximum absolute atomic E-state index is 5.52. The minimum Gasteiger partial charge on any atom is -0.349 e. The van der Waals surface area contributed by atoms with Gasteiger partial charge in [0.15, 0.2) is 5.11 Å².